The number of benzene rings is 1. The summed E-state index contributed by atoms with van der Waals surface area (Å²) < 4.78 is 5.10. The Hall–Kier alpha value is -0.710. The van der Waals surface area contributed by atoms with Crippen LogP contribution in [0.5, 0.6) is 5.75 Å². The SMILES string of the molecule is COc1cccc(C(O)CSCCCO)c1. The van der Waals surface area contributed by atoms with Crippen molar-refractivity contribution in [2.24, 2.45) is 0 Å². The van der Waals surface area contributed by atoms with E-state index in [1.807, 2.05) is 24.3 Å². The predicted molar refractivity (Wildman–Crippen MR) is 67.0 cm³/mol. The first-order valence-electron chi connectivity index (χ1n) is 5.28. The molecule has 0 aromatic heterocycles. The normalized spacial score (nSPS) is 12.4. The molecule has 0 fully saturated rings. The number of hydrogen-bond acceptors (Lipinski definition) is 4. The zero-order valence-electron chi connectivity index (χ0n) is 9.43. The Morgan fingerprint density at radius 3 is 2.94 bits per heavy atom. The third-order valence-electron chi connectivity index (χ3n) is 2.20. The van der Waals surface area contributed by atoms with E-state index in [0.717, 1.165) is 23.5 Å². The van der Waals surface area contributed by atoms with Gasteiger partial charge in [0.15, 0.2) is 0 Å². The van der Waals surface area contributed by atoms with Gasteiger partial charge in [0.05, 0.1) is 13.2 Å². The number of aliphatic hydroxyl groups is 2. The third kappa shape index (κ3) is 4.43. The molecule has 4 heteroatoms. The van der Waals surface area contributed by atoms with Crippen LogP contribution in [-0.2, 0) is 0 Å². The fourth-order valence-electron chi connectivity index (χ4n) is 1.31. The van der Waals surface area contributed by atoms with Gasteiger partial charge in [-0.2, -0.15) is 11.8 Å². The summed E-state index contributed by atoms with van der Waals surface area (Å²) in [6, 6.07) is 7.46. The van der Waals surface area contributed by atoms with Gasteiger partial charge >= 0.3 is 0 Å². The first kappa shape index (κ1) is 13.4. The molecule has 1 atom stereocenters. The lowest BCUT2D eigenvalue weighted by molar-refractivity contribution is 0.203. The topological polar surface area (TPSA) is 49.7 Å². The number of thioether (sulfide) groups is 1. The standard InChI is InChI=1S/C12H18O3S/c1-15-11-5-2-4-10(8-11)12(14)9-16-7-3-6-13/h2,4-5,8,12-14H,3,6-7,9H2,1H3. The third-order valence-corrected chi connectivity index (χ3v) is 3.33. The van der Waals surface area contributed by atoms with E-state index in [0.29, 0.717) is 5.75 Å². The van der Waals surface area contributed by atoms with Gasteiger partial charge in [-0.15, -0.1) is 0 Å². The van der Waals surface area contributed by atoms with Crippen LogP contribution in [0.25, 0.3) is 0 Å². The van der Waals surface area contributed by atoms with Crippen LogP contribution in [-0.4, -0.2) is 35.4 Å². The average Bonchev–Trinajstić information content (AvgIpc) is 2.34. The number of ether oxygens (including phenoxy) is 1. The number of aliphatic hydroxyl groups excluding tert-OH is 2. The zero-order valence-corrected chi connectivity index (χ0v) is 10.2. The molecule has 1 aromatic rings. The van der Waals surface area contributed by atoms with Crippen LogP contribution in [0.15, 0.2) is 24.3 Å². The molecule has 16 heavy (non-hydrogen) atoms. The highest BCUT2D eigenvalue weighted by molar-refractivity contribution is 7.99. The van der Waals surface area contributed by atoms with Crippen LogP contribution in [0, 0.1) is 0 Å². The summed E-state index contributed by atoms with van der Waals surface area (Å²) in [6.45, 7) is 0.211. The number of methoxy groups -OCH3 is 1. The minimum Gasteiger partial charge on any atom is -0.497 e. The molecule has 3 nitrogen and oxygen atoms in total. The van der Waals surface area contributed by atoms with Gasteiger partial charge < -0.3 is 14.9 Å². The van der Waals surface area contributed by atoms with Gasteiger partial charge in [-0.3, -0.25) is 0 Å². The molecular formula is C12H18O3S. The molecular weight excluding hydrogens is 224 g/mol. The highest BCUT2D eigenvalue weighted by Gasteiger charge is 2.07. The van der Waals surface area contributed by atoms with Crippen molar-refractivity contribution in [2.45, 2.75) is 12.5 Å². The molecule has 0 saturated heterocycles. The lowest BCUT2D eigenvalue weighted by Crippen LogP contribution is -2.02. The van der Waals surface area contributed by atoms with Gasteiger partial charge in [0, 0.05) is 12.4 Å². The van der Waals surface area contributed by atoms with Crippen LogP contribution < -0.4 is 4.74 Å². The molecule has 1 rings (SSSR count). The maximum atomic E-state index is 9.90. The fourth-order valence-corrected chi connectivity index (χ4v) is 2.22. The van der Waals surface area contributed by atoms with Crippen molar-refractivity contribution in [1.82, 2.24) is 0 Å². The number of rotatable bonds is 7. The van der Waals surface area contributed by atoms with Crippen molar-refractivity contribution in [3.63, 3.8) is 0 Å². The van der Waals surface area contributed by atoms with E-state index in [1.165, 1.54) is 0 Å². The quantitative estimate of drug-likeness (QED) is 0.716. The Labute approximate surface area is 100 Å². The first-order chi connectivity index (χ1) is 7.77. The molecule has 90 valence electrons. The Kier molecular flexibility index (Phi) is 6.30. The van der Waals surface area contributed by atoms with Crippen molar-refractivity contribution >= 4 is 11.8 Å². The van der Waals surface area contributed by atoms with E-state index >= 15 is 0 Å². The van der Waals surface area contributed by atoms with Crippen molar-refractivity contribution in [1.29, 1.82) is 0 Å². The van der Waals surface area contributed by atoms with Crippen LogP contribution >= 0.6 is 11.8 Å². The molecule has 0 amide bonds. The van der Waals surface area contributed by atoms with Gasteiger partial charge in [-0.05, 0) is 29.9 Å². The summed E-state index contributed by atoms with van der Waals surface area (Å²) in [6.07, 6.45) is 0.300. The zero-order chi connectivity index (χ0) is 11.8. The van der Waals surface area contributed by atoms with E-state index in [1.54, 1.807) is 18.9 Å². The lowest BCUT2D eigenvalue weighted by atomic mass is 10.1. The molecule has 0 heterocycles. The second kappa shape index (κ2) is 7.54. The fraction of sp³-hybridized carbons (Fsp3) is 0.500. The highest BCUT2D eigenvalue weighted by atomic mass is 32.2. The Morgan fingerprint density at radius 1 is 1.44 bits per heavy atom. The van der Waals surface area contributed by atoms with E-state index in [4.69, 9.17) is 9.84 Å². The summed E-state index contributed by atoms with van der Waals surface area (Å²) in [4.78, 5) is 0. The summed E-state index contributed by atoms with van der Waals surface area (Å²) in [5.74, 6) is 2.28. The Bertz CT molecular complexity index is 304. The van der Waals surface area contributed by atoms with Crippen LogP contribution in [0.1, 0.15) is 18.1 Å². The van der Waals surface area contributed by atoms with Crippen LogP contribution in [0.2, 0.25) is 0 Å². The predicted octanol–water partition coefficient (Wildman–Crippen LogP) is 1.84. The van der Waals surface area contributed by atoms with Crippen molar-refractivity contribution in [3.05, 3.63) is 29.8 Å². The van der Waals surface area contributed by atoms with E-state index in [9.17, 15) is 5.11 Å². The van der Waals surface area contributed by atoms with Gasteiger partial charge in [0.25, 0.3) is 0 Å². The van der Waals surface area contributed by atoms with E-state index < -0.39 is 6.10 Å². The van der Waals surface area contributed by atoms with Gasteiger partial charge in [0.2, 0.25) is 0 Å². The first-order valence-corrected chi connectivity index (χ1v) is 6.44. The molecule has 0 saturated carbocycles. The Balaban J connectivity index is 2.42. The van der Waals surface area contributed by atoms with Gasteiger partial charge in [0.1, 0.15) is 5.75 Å². The summed E-state index contributed by atoms with van der Waals surface area (Å²) in [5, 5.41) is 18.5. The van der Waals surface area contributed by atoms with E-state index in [2.05, 4.69) is 0 Å². The molecule has 1 aromatic carbocycles. The smallest absolute Gasteiger partial charge is 0.119 e. The molecule has 0 aliphatic heterocycles. The molecule has 0 radical (unpaired) electrons. The molecule has 0 spiro atoms. The van der Waals surface area contributed by atoms with Crippen molar-refractivity contribution < 1.29 is 14.9 Å². The summed E-state index contributed by atoms with van der Waals surface area (Å²) in [7, 11) is 1.61. The van der Waals surface area contributed by atoms with Crippen molar-refractivity contribution in [3.8, 4) is 5.75 Å². The molecule has 1 unspecified atom stereocenters. The van der Waals surface area contributed by atoms with Crippen molar-refractivity contribution in [2.75, 3.05) is 25.2 Å². The van der Waals surface area contributed by atoms with Gasteiger partial charge in [-0.1, -0.05) is 12.1 Å². The minimum absolute atomic E-state index is 0.211. The molecule has 0 aliphatic rings. The Morgan fingerprint density at radius 2 is 2.25 bits per heavy atom. The summed E-state index contributed by atoms with van der Waals surface area (Å²) in [5.41, 5.74) is 0.871. The molecule has 0 aliphatic carbocycles. The van der Waals surface area contributed by atoms with Crippen LogP contribution in [0.4, 0.5) is 0 Å². The second-order valence-electron chi connectivity index (χ2n) is 3.44. The van der Waals surface area contributed by atoms with Crippen LogP contribution in [0.3, 0.4) is 0 Å². The lowest BCUT2D eigenvalue weighted by Gasteiger charge is -2.11. The maximum absolute atomic E-state index is 9.90. The monoisotopic (exact) mass is 242 g/mol. The maximum Gasteiger partial charge on any atom is 0.119 e. The van der Waals surface area contributed by atoms with Gasteiger partial charge in [-0.25, -0.2) is 0 Å². The largest absolute Gasteiger partial charge is 0.497 e. The molecule has 2 N–H and O–H groups in total. The average molecular weight is 242 g/mol. The second-order valence-corrected chi connectivity index (χ2v) is 4.59. The van der Waals surface area contributed by atoms with E-state index in [-0.39, 0.29) is 6.61 Å². The summed E-state index contributed by atoms with van der Waals surface area (Å²) >= 11 is 1.64. The molecule has 0 bridgehead atoms. The highest BCUT2D eigenvalue weighted by Crippen LogP contribution is 2.22. The number of hydrogen-bond donors (Lipinski definition) is 2. The minimum atomic E-state index is -0.473.